The van der Waals surface area contributed by atoms with Gasteiger partial charge < -0.3 is 15.0 Å². The van der Waals surface area contributed by atoms with Crippen LogP contribution in [0.25, 0.3) is 0 Å². The normalized spacial score (nSPS) is 39.8. The third kappa shape index (κ3) is 1.79. The van der Waals surface area contributed by atoms with E-state index in [-0.39, 0.29) is 18.8 Å². The lowest BCUT2D eigenvalue weighted by Crippen LogP contribution is -2.65. The minimum absolute atomic E-state index is 0.137. The summed E-state index contributed by atoms with van der Waals surface area (Å²) in [5, 5.41) is 0. The van der Waals surface area contributed by atoms with Crippen LogP contribution in [0.1, 0.15) is 39.2 Å². The molecule has 2 bridgehead atoms. The first kappa shape index (κ1) is 13.8. The molecule has 5 rings (SSSR count). The van der Waals surface area contributed by atoms with Crippen molar-refractivity contribution >= 4 is 12.6 Å². The molecule has 0 aromatic heterocycles. The highest BCUT2D eigenvalue weighted by atomic mass is 16.7. The molecule has 0 unspecified atom stereocenters. The van der Waals surface area contributed by atoms with Crippen molar-refractivity contribution in [3.05, 3.63) is 29.8 Å². The lowest BCUT2D eigenvalue weighted by atomic mass is 9.43. The second-order valence-corrected chi connectivity index (χ2v) is 7.75. The molecular weight excluding hydrogens is 261 g/mol. The van der Waals surface area contributed by atoms with Crippen molar-refractivity contribution in [3.63, 3.8) is 0 Å². The van der Waals surface area contributed by atoms with E-state index in [9.17, 15) is 0 Å². The van der Waals surface area contributed by atoms with Gasteiger partial charge in [-0.05, 0) is 48.0 Å². The molecule has 1 saturated heterocycles. The van der Waals surface area contributed by atoms with Crippen molar-refractivity contribution in [1.29, 1.82) is 0 Å². The molecule has 3 nitrogen and oxygen atoms in total. The Morgan fingerprint density at radius 1 is 1.29 bits per heavy atom. The lowest BCUT2D eigenvalue weighted by molar-refractivity contribution is -0.199. The zero-order valence-corrected chi connectivity index (χ0v) is 13.1. The van der Waals surface area contributed by atoms with Crippen LogP contribution < -0.4 is 11.2 Å². The predicted octanol–water partition coefficient (Wildman–Crippen LogP) is 2.08. The van der Waals surface area contributed by atoms with Gasteiger partial charge in [-0.3, -0.25) is 0 Å². The van der Waals surface area contributed by atoms with Gasteiger partial charge in [0.25, 0.3) is 0 Å². The largest absolute Gasteiger partial charge is 0.494 e. The van der Waals surface area contributed by atoms with Gasteiger partial charge in [0.1, 0.15) is 0 Å². The van der Waals surface area contributed by atoms with Crippen LogP contribution in [0.15, 0.2) is 24.3 Å². The lowest BCUT2D eigenvalue weighted by Gasteiger charge is -2.64. The minimum atomic E-state index is -0.235. The van der Waals surface area contributed by atoms with E-state index in [0.29, 0.717) is 17.9 Å². The highest BCUT2D eigenvalue weighted by Crippen LogP contribution is 2.65. The second-order valence-electron chi connectivity index (χ2n) is 7.75. The van der Waals surface area contributed by atoms with Gasteiger partial charge >= 0.3 is 7.12 Å². The summed E-state index contributed by atoms with van der Waals surface area (Å²) in [6.45, 7) is 7.59. The first-order chi connectivity index (χ1) is 9.95. The first-order valence-corrected chi connectivity index (χ1v) is 8.07. The van der Waals surface area contributed by atoms with E-state index in [1.807, 2.05) is 12.1 Å². The maximum absolute atomic E-state index is 6.46. The number of benzene rings is 1. The van der Waals surface area contributed by atoms with Crippen LogP contribution in [0, 0.1) is 17.3 Å². The van der Waals surface area contributed by atoms with Crippen LogP contribution in [0.5, 0.6) is 0 Å². The van der Waals surface area contributed by atoms with Gasteiger partial charge in [0, 0.05) is 6.54 Å². The fourth-order valence-corrected chi connectivity index (χ4v) is 4.88. The standard InChI is InChI=1S/C17H24BNO2/c1-16(2)12-8-14(16)17(3)15(9-12)20-18(21-17)13-6-4-5-11(7-13)10-19/h4-7,12,14-15H,8-10,19H2,1-3H3/t12-,14-,15+,17-/m0/s1. The molecule has 3 saturated carbocycles. The molecule has 21 heavy (non-hydrogen) atoms. The molecule has 4 atom stereocenters. The third-order valence-electron chi connectivity index (χ3n) is 6.41. The molecule has 0 radical (unpaired) electrons. The Bertz CT molecular complexity index is 576. The van der Waals surface area contributed by atoms with Crippen molar-refractivity contribution in [1.82, 2.24) is 0 Å². The summed E-state index contributed by atoms with van der Waals surface area (Å²) in [6.07, 6.45) is 2.66. The molecule has 1 aliphatic heterocycles. The number of rotatable bonds is 2. The fraction of sp³-hybridized carbons (Fsp3) is 0.647. The zero-order chi connectivity index (χ0) is 14.8. The van der Waals surface area contributed by atoms with E-state index >= 15 is 0 Å². The third-order valence-corrected chi connectivity index (χ3v) is 6.41. The van der Waals surface area contributed by atoms with Gasteiger partial charge in [-0.25, -0.2) is 0 Å². The Kier molecular flexibility index (Phi) is 2.85. The fourth-order valence-electron chi connectivity index (χ4n) is 4.88. The zero-order valence-electron chi connectivity index (χ0n) is 13.1. The maximum Gasteiger partial charge on any atom is 0.494 e. The van der Waals surface area contributed by atoms with Crippen molar-refractivity contribution < 1.29 is 9.31 Å². The molecular formula is C17H24BNO2. The van der Waals surface area contributed by atoms with Gasteiger partial charge in [0.15, 0.2) is 0 Å². The maximum atomic E-state index is 6.46. The summed E-state index contributed by atoms with van der Waals surface area (Å²) in [4.78, 5) is 0. The van der Waals surface area contributed by atoms with Crippen LogP contribution in [-0.2, 0) is 15.9 Å². The summed E-state index contributed by atoms with van der Waals surface area (Å²) in [5.41, 5.74) is 8.23. The number of hydrogen-bond acceptors (Lipinski definition) is 3. The van der Waals surface area contributed by atoms with Crippen molar-refractivity contribution in [2.45, 2.75) is 51.9 Å². The molecule has 1 heterocycles. The summed E-state index contributed by atoms with van der Waals surface area (Å²) in [5.74, 6) is 1.40. The molecule has 4 heteroatoms. The Balaban J connectivity index is 1.62. The number of hydrogen-bond donors (Lipinski definition) is 1. The van der Waals surface area contributed by atoms with Gasteiger partial charge in [-0.1, -0.05) is 38.1 Å². The highest BCUT2D eigenvalue weighted by Gasteiger charge is 2.67. The predicted molar refractivity (Wildman–Crippen MR) is 84.1 cm³/mol. The summed E-state index contributed by atoms with van der Waals surface area (Å²) >= 11 is 0. The summed E-state index contributed by atoms with van der Waals surface area (Å²) in [7, 11) is -0.235. The van der Waals surface area contributed by atoms with Crippen molar-refractivity contribution in [2.75, 3.05) is 0 Å². The van der Waals surface area contributed by atoms with Crippen LogP contribution >= 0.6 is 0 Å². The van der Waals surface area contributed by atoms with Crippen molar-refractivity contribution in [3.8, 4) is 0 Å². The van der Waals surface area contributed by atoms with Gasteiger partial charge in [0.2, 0.25) is 0 Å². The average molecular weight is 285 g/mol. The molecule has 0 amide bonds. The Labute approximate surface area is 127 Å². The summed E-state index contributed by atoms with van der Waals surface area (Å²) in [6, 6.07) is 8.28. The molecule has 112 valence electrons. The average Bonchev–Trinajstić information content (AvgIpc) is 2.84. The molecule has 4 aliphatic rings. The Hall–Kier alpha value is -0.835. The monoisotopic (exact) mass is 285 g/mol. The second kappa shape index (κ2) is 4.34. The molecule has 3 aliphatic carbocycles. The topological polar surface area (TPSA) is 44.5 Å². The molecule has 1 aromatic carbocycles. The Morgan fingerprint density at radius 3 is 2.81 bits per heavy atom. The van der Waals surface area contributed by atoms with Gasteiger partial charge in [-0.15, -0.1) is 0 Å². The smallest absolute Gasteiger partial charge is 0.402 e. The van der Waals surface area contributed by atoms with E-state index in [0.717, 1.165) is 23.4 Å². The van der Waals surface area contributed by atoms with E-state index in [1.165, 1.54) is 6.42 Å². The summed E-state index contributed by atoms with van der Waals surface area (Å²) < 4.78 is 12.7. The molecule has 2 N–H and O–H groups in total. The SMILES string of the molecule is CC1(C)[C@@H]2C[C@H]3OB(c4cccc(CN)c4)O[C@@]3(C)[C@H]1C2. The van der Waals surface area contributed by atoms with Crippen LogP contribution in [0.2, 0.25) is 0 Å². The van der Waals surface area contributed by atoms with Crippen molar-refractivity contribution in [2.24, 2.45) is 23.0 Å². The quantitative estimate of drug-likeness (QED) is 0.846. The first-order valence-electron chi connectivity index (χ1n) is 8.07. The van der Waals surface area contributed by atoms with E-state index < -0.39 is 0 Å². The molecule has 1 aromatic rings. The van der Waals surface area contributed by atoms with Gasteiger partial charge in [0.05, 0.1) is 11.7 Å². The van der Waals surface area contributed by atoms with Crippen LogP contribution in [0.3, 0.4) is 0 Å². The van der Waals surface area contributed by atoms with Gasteiger partial charge in [-0.2, -0.15) is 0 Å². The molecule has 4 fully saturated rings. The Morgan fingerprint density at radius 2 is 2.10 bits per heavy atom. The molecule has 0 spiro atoms. The highest BCUT2D eigenvalue weighted by molar-refractivity contribution is 6.62. The van der Waals surface area contributed by atoms with E-state index in [4.69, 9.17) is 15.0 Å². The van der Waals surface area contributed by atoms with E-state index in [2.05, 4.69) is 32.9 Å². The van der Waals surface area contributed by atoms with Crippen LogP contribution in [0.4, 0.5) is 0 Å². The van der Waals surface area contributed by atoms with Crippen LogP contribution in [-0.4, -0.2) is 18.8 Å². The number of nitrogens with two attached hydrogens (primary N) is 1. The minimum Gasteiger partial charge on any atom is -0.402 e. The van der Waals surface area contributed by atoms with E-state index in [1.54, 1.807) is 0 Å².